The van der Waals surface area contributed by atoms with Gasteiger partial charge < -0.3 is 24.3 Å². The van der Waals surface area contributed by atoms with Crippen LogP contribution in [0.25, 0.3) is 0 Å². The molecule has 1 saturated heterocycles. The molecule has 1 fully saturated rings. The fourth-order valence-electron chi connectivity index (χ4n) is 3.54. The Bertz CT molecular complexity index is 1350. The molecule has 4 rings (SSSR count). The number of rotatable bonds is 9. The molecule has 1 N–H and O–H groups in total. The minimum absolute atomic E-state index is 0. The number of fused-ring (bicyclic) bond motifs is 1. The van der Waals surface area contributed by atoms with Crippen molar-refractivity contribution in [1.29, 1.82) is 0 Å². The Morgan fingerprint density at radius 3 is 2.71 bits per heavy atom. The van der Waals surface area contributed by atoms with Gasteiger partial charge in [-0.1, -0.05) is 57.9 Å². The number of aryl methyl sites for hydroxylation is 1. The van der Waals surface area contributed by atoms with Crippen molar-refractivity contribution in [2.24, 2.45) is 4.99 Å². The first-order valence-corrected chi connectivity index (χ1v) is 14.4. The van der Waals surface area contributed by atoms with Crippen LogP contribution in [0.1, 0.15) is 15.4 Å². The first-order chi connectivity index (χ1) is 17.4. The number of carbonyl (C=O) groups excluding carboxylic acids is 2. The number of amides is 1. The molecule has 0 bridgehead atoms. The number of aliphatic carboxylic acids is 1. The summed E-state index contributed by atoms with van der Waals surface area (Å²) in [4.78, 5) is 42.3. The molecule has 0 saturated carbocycles. The van der Waals surface area contributed by atoms with Crippen LogP contribution in [0, 0.1) is 6.92 Å². The summed E-state index contributed by atoms with van der Waals surface area (Å²) in [6, 6.07) is 0.474. The van der Waals surface area contributed by atoms with Crippen LogP contribution in [0.15, 0.2) is 39.1 Å². The van der Waals surface area contributed by atoms with Crippen molar-refractivity contribution >= 4 is 87.5 Å². The van der Waals surface area contributed by atoms with Crippen molar-refractivity contribution in [3.05, 3.63) is 45.7 Å². The topological polar surface area (TPSA) is 150 Å². The zero-order valence-electron chi connectivity index (χ0n) is 19.8. The summed E-state index contributed by atoms with van der Waals surface area (Å²) in [6.07, 6.45) is 2.79. The van der Waals surface area contributed by atoms with Crippen molar-refractivity contribution in [2.45, 2.75) is 33.2 Å². The van der Waals surface area contributed by atoms with E-state index in [1.807, 2.05) is 6.92 Å². The molecule has 1 amide bonds. The fraction of sp³-hybridized carbons (Fsp3) is 0.400. The monoisotopic (exact) mass is 647 g/mol. The van der Waals surface area contributed by atoms with Crippen LogP contribution in [0.3, 0.4) is 0 Å². The zero-order chi connectivity index (χ0) is 26.9. The molecule has 0 aromatic carbocycles. The van der Waals surface area contributed by atoms with Gasteiger partial charge in [-0.25, -0.2) is 4.79 Å². The van der Waals surface area contributed by atoms with Crippen molar-refractivity contribution in [3.63, 3.8) is 0 Å². The Morgan fingerprint density at radius 1 is 1.37 bits per heavy atom. The maximum atomic E-state index is 13.0. The fourth-order valence-corrected chi connectivity index (χ4v) is 7.05. The van der Waals surface area contributed by atoms with E-state index in [1.54, 1.807) is 0 Å². The van der Waals surface area contributed by atoms with Crippen LogP contribution < -0.4 is 40.0 Å². The predicted octanol–water partition coefficient (Wildman–Crippen LogP) is -1.32. The third kappa shape index (κ3) is 7.47. The predicted molar refractivity (Wildman–Crippen MR) is 137 cm³/mol. The summed E-state index contributed by atoms with van der Waals surface area (Å²) in [5, 5.41) is 29.8. The summed E-state index contributed by atoms with van der Waals surface area (Å²) in [5.41, 5.74) is 0.185. The number of nitrogens with zero attached hydrogens (tertiary/aromatic N) is 5. The molecule has 0 unspecified atom stereocenters. The number of carbonyl (C=O) groups is 3. The molecular weight excluding hydrogens is 632 g/mol. The van der Waals surface area contributed by atoms with E-state index in [9.17, 15) is 24.6 Å². The molecule has 2 aliphatic heterocycles. The van der Waals surface area contributed by atoms with E-state index in [0.29, 0.717) is 21.4 Å². The molecule has 4 heterocycles. The second kappa shape index (κ2) is 13.2. The maximum Gasteiger partial charge on any atom is 1.00 e. The van der Waals surface area contributed by atoms with Gasteiger partial charge in [-0.3, -0.25) is 14.7 Å². The summed E-state index contributed by atoms with van der Waals surface area (Å²) in [6.45, 7) is 1.53. The van der Waals surface area contributed by atoms with E-state index < -0.39 is 33.1 Å². The summed E-state index contributed by atoms with van der Waals surface area (Å²) < 4.78 is 5.75. The number of carboxylic acid groups (broad SMARTS) is 2. The number of thioether (sulfide) groups is 2. The molecule has 18 heteroatoms. The minimum atomic E-state index is -1.62. The molecule has 2 atom stereocenters. The number of halogens is 3. The number of β-lactam (4-membered cyclic amide) rings is 1. The molecule has 198 valence electrons. The minimum Gasteiger partial charge on any atom is -0.543 e. The van der Waals surface area contributed by atoms with Crippen molar-refractivity contribution < 1.29 is 58.9 Å². The van der Waals surface area contributed by atoms with Crippen molar-refractivity contribution in [2.75, 3.05) is 18.1 Å². The molecule has 0 aliphatic carbocycles. The van der Waals surface area contributed by atoms with Crippen molar-refractivity contribution in [3.8, 4) is 0 Å². The Hall–Kier alpha value is -0.810. The Morgan fingerprint density at radius 2 is 2.11 bits per heavy atom. The van der Waals surface area contributed by atoms with Gasteiger partial charge in [0, 0.05) is 23.9 Å². The number of pyridine rings is 1. The largest absolute Gasteiger partial charge is 1.00 e. The van der Waals surface area contributed by atoms with Gasteiger partial charge in [0.2, 0.25) is 3.79 Å². The van der Waals surface area contributed by atoms with E-state index in [1.165, 1.54) is 57.9 Å². The number of hydrogen-bond donors (Lipinski definition) is 1. The quantitative estimate of drug-likeness (QED) is 0.150. The first kappa shape index (κ1) is 31.7. The van der Waals surface area contributed by atoms with Crippen LogP contribution >= 0.6 is 69.7 Å². The molecule has 11 nitrogen and oxygen atoms in total. The standard InChI is InChI=1S/C20H18Cl3N5O6S3.Na/c1-9-25-26-19(37-9)36-6-10-5-35-16-13(15(29)28(16)14(10)18(32)33)24-12-2-3-27(4-11(12)17(30)31)8-34-7-20(21,22)23;/h2-4,13,16H,5-8H2,1H3,(H,30,31)(H,32,33);/q;+1/p-1/t13-,16-;/m1./s1. The second-order valence-corrected chi connectivity index (χ2v) is 13.8. The molecule has 0 spiro atoms. The molecule has 2 aliphatic rings. The maximum absolute atomic E-state index is 13.0. The number of aromatic carboxylic acids is 1. The zero-order valence-corrected chi connectivity index (χ0v) is 26.5. The van der Waals surface area contributed by atoms with Crippen LogP contribution in [-0.4, -0.2) is 75.9 Å². The van der Waals surface area contributed by atoms with Gasteiger partial charge in [0.1, 0.15) is 22.7 Å². The second-order valence-electron chi connectivity index (χ2n) is 7.75. The number of alkyl halides is 3. The Balaban J connectivity index is 0.00000400. The number of carboxylic acids is 2. The number of aromatic nitrogens is 3. The number of ether oxygens (including phenoxy) is 1. The average molecular weight is 649 g/mol. The summed E-state index contributed by atoms with van der Waals surface area (Å²) in [7, 11) is 0. The summed E-state index contributed by atoms with van der Waals surface area (Å²) >= 11 is 21.0. The number of hydrogen-bond acceptors (Lipinski definition) is 11. The first-order valence-electron chi connectivity index (χ1n) is 10.4. The van der Waals surface area contributed by atoms with Gasteiger partial charge in [-0.15, -0.1) is 22.0 Å². The van der Waals surface area contributed by atoms with E-state index in [2.05, 4.69) is 15.2 Å². The molecular formula is C20H17Cl3N5NaO6S3. The average Bonchev–Trinajstić information content (AvgIpc) is 3.24. The van der Waals surface area contributed by atoms with Crippen molar-refractivity contribution in [1.82, 2.24) is 19.7 Å². The van der Waals surface area contributed by atoms with Crippen LogP contribution in [-0.2, 0) is 21.1 Å². The van der Waals surface area contributed by atoms with Gasteiger partial charge in [0.15, 0.2) is 10.4 Å². The Kier molecular flexibility index (Phi) is 11.0. The van der Waals surface area contributed by atoms with E-state index in [4.69, 9.17) is 39.5 Å². The van der Waals surface area contributed by atoms with Gasteiger partial charge in [0.25, 0.3) is 5.91 Å². The summed E-state index contributed by atoms with van der Waals surface area (Å²) in [5.74, 6) is -2.62. The van der Waals surface area contributed by atoms with Gasteiger partial charge in [-0.05, 0) is 18.6 Å². The van der Waals surface area contributed by atoms with Gasteiger partial charge in [-0.2, -0.15) is 0 Å². The molecule has 2 aromatic rings. The van der Waals surface area contributed by atoms with Crippen LogP contribution in [0.4, 0.5) is 0 Å². The molecule has 38 heavy (non-hydrogen) atoms. The van der Waals surface area contributed by atoms with Gasteiger partial charge >= 0.3 is 35.5 Å². The SMILES string of the molecule is Cc1nnc(SCC2=C(C(=O)[O-])N3C(=O)[C@@H](N=c4ccn(COCC(Cl)(Cl)Cl)cc4C(=O)O)[C@H]3SC2)s1.[Na+]. The van der Waals surface area contributed by atoms with Crippen LogP contribution in [0.5, 0.6) is 0 Å². The van der Waals surface area contributed by atoms with Crippen LogP contribution in [0.2, 0.25) is 0 Å². The smallest absolute Gasteiger partial charge is 0.543 e. The van der Waals surface area contributed by atoms with E-state index >= 15 is 0 Å². The molecule has 2 aromatic heterocycles. The third-order valence-corrected chi connectivity index (χ3v) is 8.81. The molecule has 0 radical (unpaired) electrons. The van der Waals surface area contributed by atoms with Gasteiger partial charge in [0.05, 0.1) is 23.6 Å². The van der Waals surface area contributed by atoms with E-state index in [0.717, 1.165) is 9.91 Å². The third-order valence-electron chi connectivity index (χ3n) is 5.10. The Labute approximate surface area is 265 Å². The normalized spacial score (nSPS) is 19.6. The van der Waals surface area contributed by atoms with E-state index in [-0.39, 0.29) is 59.5 Å².